The Kier molecular flexibility index (Phi) is 3.74. The van der Waals surface area contributed by atoms with Crippen molar-refractivity contribution in [3.63, 3.8) is 0 Å². The zero-order valence-electron chi connectivity index (χ0n) is 12.6. The molecule has 0 atom stereocenters. The van der Waals surface area contributed by atoms with E-state index in [1.165, 1.54) is 0 Å². The van der Waals surface area contributed by atoms with Gasteiger partial charge in [-0.3, -0.25) is 0 Å². The summed E-state index contributed by atoms with van der Waals surface area (Å²) in [5.74, 6) is 1.05. The predicted octanol–water partition coefficient (Wildman–Crippen LogP) is 3.71. The Balaban J connectivity index is 2.12. The maximum Gasteiger partial charge on any atom is 0.221 e. The van der Waals surface area contributed by atoms with Gasteiger partial charge in [0.2, 0.25) is 5.95 Å². The molecule has 0 saturated heterocycles. The Labute approximate surface area is 129 Å². The maximum atomic E-state index is 5.90. The van der Waals surface area contributed by atoms with Crippen LogP contribution in [0.1, 0.15) is 5.56 Å². The van der Waals surface area contributed by atoms with Crippen molar-refractivity contribution in [2.45, 2.75) is 6.92 Å². The number of anilines is 1. The highest BCUT2D eigenvalue weighted by molar-refractivity contribution is 5.71. The lowest BCUT2D eigenvalue weighted by molar-refractivity contribution is 0.415. The number of aryl methyl sites for hydroxylation is 1. The molecule has 0 amide bonds. The molecule has 22 heavy (non-hydrogen) atoms. The molecule has 0 aliphatic carbocycles. The van der Waals surface area contributed by atoms with Crippen molar-refractivity contribution >= 4 is 5.95 Å². The Bertz CT molecular complexity index is 815. The number of nitrogens with two attached hydrogens (primary N) is 1. The van der Waals surface area contributed by atoms with Gasteiger partial charge in [-0.2, -0.15) is 0 Å². The van der Waals surface area contributed by atoms with Crippen LogP contribution in [0.4, 0.5) is 5.95 Å². The fraction of sp³-hybridized carbons (Fsp3) is 0.111. The van der Waals surface area contributed by atoms with Gasteiger partial charge in [0.1, 0.15) is 5.75 Å². The van der Waals surface area contributed by atoms with Crippen LogP contribution in [0.15, 0.2) is 54.6 Å². The first-order chi connectivity index (χ1) is 10.7. The second-order valence-electron chi connectivity index (χ2n) is 5.04. The van der Waals surface area contributed by atoms with Gasteiger partial charge >= 0.3 is 0 Å². The van der Waals surface area contributed by atoms with E-state index >= 15 is 0 Å². The monoisotopic (exact) mass is 291 g/mol. The first-order valence-electron chi connectivity index (χ1n) is 7.02. The molecule has 3 rings (SSSR count). The van der Waals surface area contributed by atoms with Crippen molar-refractivity contribution in [1.29, 1.82) is 0 Å². The summed E-state index contributed by atoms with van der Waals surface area (Å²) in [5.41, 5.74) is 10.7. The molecule has 3 aromatic rings. The number of methoxy groups -OCH3 is 1. The van der Waals surface area contributed by atoms with Crippen molar-refractivity contribution in [3.8, 4) is 28.3 Å². The molecule has 0 fully saturated rings. The van der Waals surface area contributed by atoms with Gasteiger partial charge < -0.3 is 10.5 Å². The van der Waals surface area contributed by atoms with Gasteiger partial charge in [0.05, 0.1) is 18.5 Å². The molecule has 4 heteroatoms. The summed E-state index contributed by atoms with van der Waals surface area (Å²) in [5, 5.41) is 0. The minimum Gasteiger partial charge on any atom is -0.497 e. The van der Waals surface area contributed by atoms with Crippen molar-refractivity contribution < 1.29 is 4.74 Å². The predicted molar refractivity (Wildman–Crippen MR) is 88.6 cm³/mol. The number of rotatable bonds is 3. The number of benzene rings is 2. The van der Waals surface area contributed by atoms with Crippen molar-refractivity contribution in [1.82, 2.24) is 9.97 Å². The average molecular weight is 291 g/mol. The molecule has 0 radical (unpaired) electrons. The lowest BCUT2D eigenvalue weighted by Gasteiger charge is -2.09. The Morgan fingerprint density at radius 1 is 0.909 bits per heavy atom. The van der Waals surface area contributed by atoms with Crippen molar-refractivity contribution in [3.05, 3.63) is 60.2 Å². The second kappa shape index (κ2) is 5.85. The standard InChI is InChI=1S/C18H17N3O/c1-12-6-3-4-9-15(12)17-11-16(20-18(19)21-17)13-7-5-8-14(10-13)22-2/h3-11H,1-2H3,(H2,19,20,21). The van der Waals surface area contributed by atoms with E-state index in [4.69, 9.17) is 10.5 Å². The van der Waals surface area contributed by atoms with Crippen LogP contribution in [0.2, 0.25) is 0 Å². The van der Waals surface area contributed by atoms with Gasteiger partial charge in [-0.05, 0) is 30.7 Å². The minimum atomic E-state index is 0.263. The van der Waals surface area contributed by atoms with Crippen LogP contribution in [0.5, 0.6) is 5.75 Å². The SMILES string of the molecule is COc1cccc(-c2cc(-c3ccccc3C)nc(N)n2)c1. The molecule has 2 aromatic carbocycles. The van der Waals surface area contributed by atoms with E-state index in [2.05, 4.69) is 23.0 Å². The van der Waals surface area contributed by atoms with E-state index in [9.17, 15) is 0 Å². The van der Waals surface area contributed by atoms with Crippen LogP contribution < -0.4 is 10.5 Å². The van der Waals surface area contributed by atoms with Crippen LogP contribution >= 0.6 is 0 Å². The minimum absolute atomic E-state index is 0.263. The van der Waals surface area contributed by atoms with Gasteiger partial charge in [0.25, 0.3) is 0 Å². The third kappa shape index (κ3) is 2.76. The second-order valence-corrected chi connectivity index (χ2v) is 5.04. The average Bonchev–Trinajstić information content (AvgIpc) is 2.55. The fourth-order valence-electron chi connectivity index (χ4n) is 2.39. The van der Waals surface area contributed by atoms with E-state index in [1.54, 1.807) is 7.11 Å². The van der Waals surface area contributed by atoms with Gasteiger partial charge in [-0.15, -0.1) is 0 Å². The smallest absolute Gasteiger partial charge is 0.221 e. The number of nitrogens with zero attached hydrogens (tertiary/aromatic N) is 2. The quantitative estimate of drug-likeness (QED) is 0.799. The molecular weight excluding hydrogens is 274 g/mol. The highest BCUT2D eigenvalue weighted by Crippen LogP contribution is 2.28. The summed E-state index contributed by atoms with van der Waals surface area (Å²) >= 11 is 0. The van der Waals surface area contributed by atoms with E-state index < -0.39 is 0 Å². The van der Waals surface area contributed by atoms with Crippen LogP contribution in [0.3, 0.4) is 0 Å². The number of ether oxygens (including phenoxy) is 1. The number of nitrogen functional groups attached to an aromatic ring is 1. The van der Waals surface area contributed by atoms with Crippen LogP contribution in [0.25, 0.3) is 22.5 Å². The zero-order valence-corrected chi connectivity index (χ0v) is 12.6. The van der Waals surface area contributed by atoms with Gasteiger partial charge in [0, 0.05) is 11.1 Å². The summed E-state index contributed by atoms with van der Waals surface area (Å²) in [7, 11) is 1.65. The third-order valence-corrected chi connectivity index (χ3v) is 3.53. The molecule has 0 bridgehead atoms. The molecule has 0 saturated carbocycles. The van der Waals surface area contributed by atoms with Crippen molar-refractivity contribution in [2.75, 3.05) is 12.8 Å². The Morgan fingerprint density at radius 3 is 2.45 bits per heavy atom. The summed E-state index contributed by atoms with van der Waals surface area (Å²) in [4.78, 5) is 8.71. The highest BCUT2D eigenvalue weighted by atomic mass is 16.5. The number of aromatic nitrogens is 2. The number of hydrogen-bond donors (Lipinski definition) is 1. The highest BCUT2D eigenvalue weighted by Gasteiger charge is 2.09. The van der Waals surface area contributed by atoms with Crippen LogP contribution in [0, 0.1) is 6.92 Å². The van der Waals surface area contributed by atoms with E-state index in [0.29, 0.717) is 0 Å². The molecule has 1 heterocycles. The normalized spacial score (nSPS) is 10.5. The summed E-state index contributed by atoms with van der Waals surface area (Å²) in [6, 6.07) is 17.8. The Hall–Kier alpha value is -2.88. The zero-order chi connectivity index (χ0) is 15.5. The van der Waals surface area contributed by atoms with Gasteiger partial charge in [-0.1, -0.05) is 36.4 Å². The molecule has 0 unspecified atom stereocenters. The third-order valence-electron chi connectivity index (χ3n) is 3.53. The van der Waals surface area contributed by atoms with E-state index in [1.807, 2.05) is 48.5 Å². The first-order valence-corrected chi connectivity index (χ1v) is 7.02. The largest absolute Gasteiger partial charge is 0.497 e. The summed E-state index contributed by atoms with van der Waals surface area (Å²) in [6.45, 7) is 2.05. The molecule has 2 N–H and O–H groups in total. The fourth-order valence-corrected chi connectivity index (χ4v) is 2.39. The summed E-state index contributed by atoms with van der Waals surface area (Å²) in [6.07, 6.45) is 0. The molecular formula is C18H17N3O. The molecule has 1 aromatic heterocycles. The molecule has 4 nitrogen and oxygen atoms in total. The molecule has 0 aliphatic heterocycles. The van der Waals surface area contributed by atoms with Gasteiger partial charge in [-0.25, -0.2) is 9.97 Å². The van der Waals surface area contributed by atoms with E-state index in [0.717, 1.165) is 33.8 Å². The summed E-state index contributed by atoms with van der Waals surface area (Å²) < 4.78 is 5.27. The molecule has 110 valence electrons. The van der Waals surface area contributed by atoms with Gasteiger partial charge in [0.15, 0.2) is 0 Å². The molecule has 0 spiro atoms. The maximum absolute atomic E-state index is 5.90. The van der Waals surface area contributed by atoms with E-state index in [-0.39, 0.29) is 5.95 Å². The lowest BCUT2D eigenvalue weighted by Crippen LogP contribution is -1.99. The molecule has 0 aliphatic rings. The first kappa shape index (κ1) is 14.1. The van der Waals surface area contributed by atoms with Crippen LogP contribution in [-0.4, -0.2) is 17.1 Å². The topological polar surface area (TPSA) is 61.0 Å². The van der Waals surface area contributed by atoms with Crippen molar-refractivity contribution in [2.24, 2.45) is 0 Å². The lowest BCUT2D eigenvalue weighted by atomic mass is 10.0. The Morgan fingerprint density at radius 2 is 1.68 bits per heavy atom. The number of hydrogen-bond acceptors (Lipinski definition) is 4. The van der Waals surface area contributed by atoms with Crippen LogP contribution in [-0.2, 0) is 0 Å².